The van der Waals surface area contributed by atoms with Crippen LogP contribution in [0, 0.1) is 23.4 Å². The minimum Gasteiger partial charge on any atom is -0.311 e. The van der Waals surface area contributed by atoms with Gasteiger partial charge in [0.1, 0.15) is 17.2 Å². The number of imide groups is 1. The van der Waals surface area contributed by atoms with Crippen LogP contribution in [0.25, 0.3) is 0 Å². The molecule has 2 fully saturated rings. The Morgan fingerprint density at radius 3 is 2.64 bits per heavy atom. The molecule has 0 spiro atoms. The van der Waals surface area contributed by atoms with E-state index in [0.717, 1.165) is 19.5 Å². The number of urea groups is 1. The first kappa shape index (κ1) is 28.9. The second-order valence-electron chi connectivity index (χ2n) is 10.5. The Morgan fingerprint density at radius 2 is 1.95 bits per heavy atom. The van der Waals surface area contributed by atoms with E-state index in [-0.39, 0.29) is 12.5 Å². The predicted molar refractivity (Wildman–Crippen MR) is 143 cm³/mol. The number of carbonyl (C=O) groups excluding carboxylic acids is 3. The van der Waals surface area contributed by atoms with Crippen molar-refractivity contribution in [1.29, 1.82) is 0 Å². The lowest BCUT2D eigenvalue weighted by molar-refractivity contribution is -0.123. The van der Waals surface area contributed by atoms with Gasteiger partial charge in [-0.2, -0.15) is 0 Å². The number of pyridine rings is 1. The number of piperidine rings is 1. The number of aromatic nitrogens is 1. The lowest BCUT2D eigenvalue weighted by atomic mass is 10.0. The van der Waals surface area contributed by atoms with Gasteiger partial charge in [0.05, 0.1) is 10.6 Å². The monoisotopic (exact) mass is 563 g/mol. The average molecular weight is 564 g/mol. The Balaban J connectivity index is 1.48. The Bertz CT molecular complexity index is 1290. The van der Waals surface area contributed by atoms with Gasteiger partial charge in [0.2, 0.25) is 5.91 Å². The van der Waals surface area contributed by atoms with Crippen LogP contribution >= 0.6 is 11.8 Å². The lowest BCUT2D eigenvalue weighted by Gasteiger charge is -2.30. The third-order valence-corrected chi connectivity index (χ3v) is 7.98. The third-order valence-electron chi connectivity index (χ3n) is 7.19. The smallest absolute Gasteiger partial charge is 0.311 e. The van der Waals surface area contributed by atoms with Crippen LogP contribution in [-0.4, -0.2) is 64.1 Å². The van der Waals surface area contributed by atoms with E-state index in [9.17, 15) is 27.6 Å². The number of amides is 4. The van der Waals surface area contributed by atoms with Crippen LogP contribution in [0.2, 0.25) is 0 Å². The second kappa shape index (κ2) is 11.5. The molecular weight excluding hydrogens is 531 g/mol. The summed E-state index contributed by atoms with van der Waals surface area (Å²) in [4.78, 5) is 46.6. The number of anilines is 2. The normalized spacial score (nSPS) is 19.6. The summed E-state index contributed by atoms with van der Waals surface area (Å²) in [7, 11) is 0. The maximum absolute atomic E-state index is 14.8. The van der Waals surface area contributed by atoms with Gasteiger partial charge in [-0.15, -0.1) is 11.8 Å². The molecule has 1 atom stereocenters. The molecule has 1 N–H and O–H groups in total. The highest BCUT2D eigenvalue weighted by Crippen LogP contribution is 2.38. The first-order valence-electron chi connectivity index (χ1n) is 12.8. The van der Waals surface area contributed by atoms with Gasteiger partial charge in [0.15, 0.2) is 11.6 Å². The summed E-state index contributed by atoms with van der Waals surface area (Å²) >= 11 is 0.680. The third kappa shape index (κ3) is 5.91. The van der Waals surface area contributed by atoms with Crippen LogP contribution in [0.1, 0.15) is 45.6 Å². The Morgan fingerprint density at radius 1 is 1.21 bits per heavy atom. The van der Waals surface area contributed by atoms with Crippen LogP contribution in [0.15, 0.2) is 29.3 Å². The lowest BCUT2D eigenvalue weighted by Crippen LogP contribution is -2.43. The number of nitrogens with one attached hydrogen (secondary N) is 1. The standard InChI is InChI=1S/C27H32F3N5O3S/c1-16-6-5-10-33(14-16)11-8-21(36)32-20-12-17(7-9-31-20)15-34-26(38)35(25(37)27(34,2)3)19-13-18(28)24(39-4)23(30)22(19)29/h7,9,12-13,16H,5-6,8,10-11,14-15H2,1-4H3,(H,31,32,36). The van der Waals surface area contributed by atoms with E-state index in [2.05, 4.69) is 22.1 Å². The molecule has 4 rings (SSSR count). The van der Waals surface area contributed by atoms with Crippen molar-refractivity contribution >= 4 is 41.1 Å². The molecule has 210 valence electrons. The van der Waals surface area contributed by atoms with E-state index < -0.39 is 45.5 Å². The number of nitrogens with zero attached hydrogens (tertiary/aromatic N) is 4. The van der Waals surface area contributed by atoms with Crippen molar-refractivity contribution in [2.24, 2.45) is 5.92 Å². The fourth-order valence-corrected chi connectivity index (χ4v) is 5.53. The van der Waals surface area contributed by atoms with Gasteiger partial charge in [0.25, 0.3) is 5.91 Å². The predicted octanol–water partition coefficient (Wildman–Crippen LogP) is 5.03. The molecule has 0 saturated carbocycles. The zero-order chi connectivity index (χ0) is 28.5. The number of halogens is 3. The molecule has 2 aliphatic rings. The summed E-state index contributed by atoms with van der Waals surface area (Å²) in [6.07, 6.45) is 5.49. The van der Waals surface area contributed by atoms with Gasteiger partial charge in [-0.1, -0.05) is 6.92 Å². The van der Waals surface area contributed by atoms with E-state index in [1.807, 2.05) is 0 Å². The first-order valence-corrected chi connectivity index (χ1v) is 14.0. The molecule has 39 heavy (non-hydrogen) atoms. The van der Waals surface area contributed by atoms with Crippen molar-refractivity contribution in [3.8, 4) is 0 Å². The zero-order valence-electron chi connectivity index (χ0n) is 22.4. The van der Waals surface area contributed by atoms with Crippen LogP contribution in [-0.2, 0) is 16.1 Å². The van der Waals surface area contributed by atoms with Crippen LogP contribution in [0.5, 0.6) is 0 Å². The average Bonchev–Trinajstić information content (AvgIpc) is 3.05. The molecule has 0 aliphatic carbocycles. The summed E-state index contributed by atoms with van der Waals surface area (Å²) in [5, 5.41) is 2.77. The van der Waals surface area contributed by atoms with Crippen molar-refractivity contribution in [3.05, 3.63) is 47.4 Å². The van der Waals surface area contributed by atoms with E-state index in [1.54, 1.807) is 12.1 Å². The molecular formula is C27H32F3N5O3S. The van der Waals surface area contributed by atoms with Crippen molar-refractivity contribution in [1.82, 2.24) is 14.8 Å². The largest absolute Gasteiger partial charge is 0.332 e. The fourth-order valence-electron chi connectivity index (χ4n) is 5.01. The van der Waals surface area contributed by atoms with Gasteiger partial charge >= 0.3 is 6.03 Å². The molecule has 2 saturated heterocycles. The van der Waals surface area contributed by atoms with Crippen LogP contribution in [0.3, 0.4) is 0 Å². The Labute approximate surface area is 229 Å². The molecule has 1 aromatic heterocycles. The summed E-state index contributed by atoms with van der Waals surface area (Å²) in [6, 6.07) is 2.95. The minimum absolute atomic E-state index is 0.0827. The molecule has 0 radical (unpaired) electrons. The van der Waals surface area contributed by atoms with E-state index in [1.165, 1.54) is 37.6 Å². The summed E-state index contributed by atoms with van der Waals surface area (Å²) in [6.45, 7) is 7.67. The number of likely N-dealkylation sites (tertiary alicyclic amines) is 1. The highest BCUT2D eigenvalue weighted by molar-refractivity contribution is 7.98. The molecule has 4 amide bonds. The van der Waals surface area contributed by atoms with E-state index in [4.69, 9.17) is 0 Å². The Kier molecular flexibility index (Phi) is 8.55. The first-order chi connectivity index (χ1) is 18.4. The van der Waals surface area contributed by atoms with Crippen LogP contribution < -0.4 is 10.2 Å². The maximum atomic E-state index is 14.8. The van der Waals surface area contributed by atoms with Crippen molar-refractivity contribution in [3.63, 3.8) is 0 Å². The van der Waals surface area contributed by atoms with Gasteiger partial charge in [0, 0.05) is 38.3 Å². The van der Waals surface area contributed by atoms with Gasteiger partial charge in [-0.3, -0.25) is 9.59 Å². The number of carbonyl (C=O) groups is 3. The highest BCUT2D eigenvalue weighted by atomic mass is 32.2. The molecule has 1 unspecified atom stereocenters. The number of hydrogen-bond donors (Lipinski definition) is 1. The molecule has 0 bridgehead atoms. The molecule has 8 nitrogen and oxygen atoms in total. The molecule has 3 heterocycles. The number of hydrogen-bond acceptors (Lipinski definition) is 6. The van der Waals surface area contributed by atoms with Gasteiger partial charge < -0.3 is 15.1 Å². The Hall–Kier alpha value is -3.12. The van der Waals surface area contributed by atoms with Crippen molar-refractivity contribution in [2.75, 3.05) is 36.1 Å². The van der Waals surface area contributed by atoms with Crippen molar-refractivity contribution in [2.45, 2.75) is 57.0 Å². The zero-order valence-corrected chi connectivity index (χ0v) is 23.2. The molecule has 2 aromatic rings. The maximum Gasteiger partial charge on any atom is 0.332 e. The summed E-state index contributed by atoms with van der Waals surface area (Å²) < 4.78 is 43.7. The van der Waals surface area contributed by atoms with Gasteiger partial charge in [-0.05, 0) is 63.1 Å². The van der Waals surface area contributed by atoms with E-state index >= 15 is 0 Å². The quantitative estimate of drug-likeness (QED) is 0.276. The van der Waals surface area contributed by atoms with Gasteiger partial charge in [-0.25, -0.2) is 27.8 Å². The number of rotatable bonds is 8. The molecule has 12 heteroatoms. The number of benzene rings is 1. The summed E-state index contributed by atoms with van der Waals surface area (Å²) in [5.74, 6) is -4.12. The second-order valence-corrected chi connectivity index (χ2v) is 11.3. The topological polar surface area (TPSA) is 85.8 Å². The van der Waals surface area contributed by atoms with Crippen LogP contribution in [0.4, 0.5) is 29.5 Å². The van der Waals surface area contributed by atoms with E-state index in [0.29, 0.717) is 53.0 Å². The number of thioether (sulfide) groups is 1. The SMILES string of the molecule is CSc1c(F)cc(N2C(=O)N(Cc3ccnc(NC(=O)CCN4CCCC(C)C4)c3)C(C)(C)C2=O)c(F)c1F. The summed E-state index contributed by atoms with van der Waals surface area (Å²) in [5.41, 5.74) is -1.66. The fraction of sp³-hybridized carbons (Fsp3) is 0.481. The van der Waals surface area contributed by atoms with Crippen molar-refractivity contribution < 1.29 is 27.6 Å². The molecule has 1 aromatic carbocycles. The minimum atomic E-state index is -1.48. The highest BCUT2D eigenvalue weighted by Gasteiger charge is 2.52. The molecule has 2 aliphatic heterocycles.